The average molecular weight is 278 g/mol. The lowest BCUT2D eigenvalue weighted by Crippen LogP contribution is -2.35. The van der Waals surface area contributed by atoms with Crippen LogP contribution in [0.3, 0.4) is 0 Å². The first-order valence-electron chi connectivity index (χ1n) is 6.96. The Hall–Kier alpha value is -1.89. The zero-order valence-corrected chi connectivity index (χ0v) is 12.2. The molecule has 0 aliphatic rings. The van der Waals surface area contributed by atoms with Crippen LogP contribution < -0.4 is 10.6 Å². The Morgan fingerprint density at radius 1 is 1.35 bits per heavy atom. The maximum absolute atomic E-state index is 9.22. The van der Waals surface area contributed by atoms with Gasteiger partial charge in [-0.3, -0.25) is 0 Å². The zero-order valence-electron chi connectivity index (χ0n) is 12.2. The van der Waals surface area contributed by atoms with E-state index in [2.05, 4.69) is 44.4 Å². The second-order valence-corrected chi connectivity index (χ2v) is 5.04. The summed E-state index contributed by atoms with van der Waals surface area (Å²) in [6.07, 6.45) is 3.14. The molecule has 0 aromatic carbocycles. The lowest BCUT2D eigenvalue weighted by molar-refractivity contribution is 0.252. The molecule has 2 heterocycles. The van der Waals surface area contributed by atoms with Gasteiger partial charge < -0.3 is 20.7 Å². The van der Waals surface area contributed by atoms with Crippen molar-refractivity contribution in [2.45, 2.75) is 39.2 Å². The second kappa shape index (κ2) is 6.04. The van der Waals surface area contributed by atoms with Crippen LogP contribution in [0.4, 0.5) is 11.8 Å². The Morgan fingerprint density at radius 2 is 2.15 bits per heavy atom. The largest absolute Gasteiger partial charge is 0.396 e. The maximum atomic E-state index is 9.22. The number of fused-ring (bicyclic) bond motifs is 1. The minimum absolute atomic E-state index is 0.134. The molecule has 7 heteroatoms. The predicted octanol–water partition coefficient (Wildman–Crippen LogP) is 1.75. The van der Waals surface area contributed by atoms with Crippen molar-refractivity contribution in [3.05, 3.63) is 6.33 Å². The van der Waals surface area contributed by atoms with E-state index in [4.69, 9.17) is 0 Å². The van der Waals surface area contributed by atoms with Crippen molar-refractivity contribution in [3.8, 4) is 0 Å². The summed E-state index contributed by atoms with van der Waals surface area (Å²) in [5.41, 5.74) is 1.19. The normalized spacial score (nSPS) is 14.2. The van der Waals surface area contributed by atoms with E-state index in [1.807, 2.05) is 6.92 Å². The van der Waals surface area contributed by atoms with Gasteiger partial charge in [0.15, 0.2) is 11.5 Å². The summed E-state index contributed by atoms with van der Waals surface area (Å²) in [5.74, 6) is 1.26. The molecule has 7 nitrogen and oxygen atoms in total. The minimum atomic E-state index is -0.218. The molecule has 1 atom stereocenters. The third-order valence-electron chi connectivity index (χ3n) is 3.48. The number of aromatic nitrogens is 4. The fourth-order valence-electron chi connectivity index (χ4n) is 2.02. The summed E-state index contributed by atoms with van der Waals surface area (Å²) >= 11 is 0. The predicted molar refractivity (Wildman–Crippen MR) is 79.9 cm³/mol. The molecule has 2 rings (SSSR count). The standard InChI is InChI=1S/C13H22N6O/c1-4-13(3,6-7-20)19-11-9-10(16-8-15-9)17-12(18-11)14-5-2/h8,20H,4-7H2,1-3H3,(H3,14,15,16,17,18,19). The van der Waals surface area contributed by atoms with Gasteiger partial charge in [0.05, 0.1) is 6.33 Å². The van der Waals surface area contributed by atoms with Gasteiger partial charge in [0.1, 0.15) is 5.52 Å². The maximum Gasteiger partial charge on any atom is 0.226 e. The number of imidazole rings is 1. The van der Waals surface area contributed by atoms with Crippen LogP contribution in [0.5, 0.6) is 0 Å². The molecule has 0 bridgehead atoms. The van der Waals surface area contributed by atoms with Gasteiger partial charge in [-0.1, -0.05) is 6.92 Å². The van der Waals surface area contributed by atoms with Gasteiger partial charge in [-0.05, 0) is 26.7 Å². The molecule has 2 aromatic rings. The van der Waals surface area contributed by atoms with Crippen molar-refractivity contribution in [1.29, 1.82) is 0 Å². The van der Waals surface area contributed by atoms with Crippen molar-refractivity contribution >= 4 is 22.9 Å². The van der Waals surface area contributed by atoms with E-state index in [0.29, 0.717) is 23.8 Å². The van der Waals surface area contributed by atoms with Gasteiger partial charge in [0, 0.05) is 18.7 Å². The fourth-order valence-corrected chi connectivity index (χ4v) is 2.02. The molecule has 20 heavy (non-hydrogen) atoms. The summed E-state index contributed by atoms with van der Waals surface area (Å²) in [7, 11) is 0. The Balaban J connectivity index is 2.38. The molecular weight excluding hydrogens is 256 g/mol. The van der Waals surface area contributed by atoms with E-state index < -0.39 is 0 Å². The van der Waals surface area contributed by atoms with Crippen LogP contribution in [-0.4, -0.2) is 43.7 Å². The van der Waals surface area contributed by atoms with Crippen molar-refractivity contribution in [2.75, 3.05) is 23.8 Å². The molecule has 0 radical (unpaired) electrons. The highest BCUT2D eigenvalue weighted by Gasteiger charge is 2.23. The Bertz CT molecular complexity index is 569. The third kappa shape index (κ3) is 2.98. The SMILES string of the molecule is CCNc1nc(NC(C)(CC)CCO)c2[nH]cnc2n1. The number of hydrogen-bond acceptors (Lipinski definition) is 6. The number of rotatable bonds is 7. The number of aromatic amines is 1. The van der Waals surface area contributed by atoms with Crippen molar-refractivity contribution in [1.82, 2.24) is 19.9 Å². The van der Waals surface area contributed by atoms with Crippen LogP contribution in [0.15, 0.2) is 6.33 Å². The fraction of sp³-hybridized carbons (Fsp3) is 0.615. The molecule has 0 spiro atoms. The Kier molecular flexibility index (Phi) is 4.39. The first-order chi connectivity index (χ1) is 9.61. The zero-order chi connectivity index (χ0) is 14.6. The van der Waals surface area contributed by atoms with E-state index in [1.54, 1.807) is 6.33 Å². The molecule has 0 aliphatic heterocycles. The van der Waals surface area contributed by atoms with Crippen LogP contribution in [0.2, 0.25) is 0 Å². The Morgan fingerprint density at radius 3 is 2.80 bits per heavy atom. The van der Waals surface area contributed by atoms with Crippen LogP contribution >= 0.6 is 0 Å². The van der Waals surface area contributed by atoms with E-state index >= 15 is 0 Å². The quantitative estimate of drug-likeness (QED) is 0.616. The number of aliphatic hydroxyl groups is 1. The highest BCUT2D eigenvalue weighted by molar-refractivity contribution is 5.84. The second-order valence-electron chi connectivity index (χ2n) is 5.04. The van der Waals surface area contributed by atoms with E-state index in [9.17, 15) is 5.11 Å². The first-order valence-corrected chi connectivity index (χ1v) is 6.96. The highest BCUT2D eigenvalue weighted by Crippen LogP contribution is 2.25. The van der Waals surface area contributed by atoms with Gasteiger partial charge in [-0.25, -0.2) is 4.98 Å². The topological polar surface area (TPSA) is 98.8 Å². The van der Waals surface area contributed by atoms with Crippen molar-refractivity contribution in [3.63, 3.8) is 0 Å². The van der Waals surface area contributed by atoms with Gasteiger partial charge in [0.2, 0.25) is 5.95 Å². The van der Waals surface area contributed by atoms with Gasteiger partial charge >= 0.3 is 0 Å². The average Bonchev–Trinajstić information content (AvgIpc) is 2.88. The summed E-state index contributed by atoms with van der Waals surface area (Å²) in [5, 5.41) is 15.7. The van der Waals surface area contributed by atoms with E-state index in [0.717, 1.165) is 18.5 Å². The number of anilines is 2. The van der Waals surface area contributed by atoms with Gasteiger partial charge in [0.25, 0.3) is 0 Å². The summed E-state index contributed by atoms with van der Waals surface area (Å²) in [6.45, 7) is 7.03. The lowest BCUT2D eigenvalue weighted by Gasteiger charge is -2.29. The minimum Gasteiger partial charge on any atom is -0.396 e. The van der Waals surface area contributed by atoms with Crippen LogP contribution in [-0.2, 0) is 0 Å². The van der Waals surface area contributed by atoms with Gasteiger partial charge in [-0.2, -0.15) is 9.97 Å². The third-order valence-corrected chi connectivity index (χ3v) is 3.48. The molecular formula is C13H22N6O. The highest BCUT2D eigenvalue weighted by atomic mass is 16.3. The van der Waals surface area contributed by atoms with Crippen LogP contribution in [0.1, 0.15) is 33.6 Å². The number of nitrogens with zero attached hydrogens (tertiary/aromatic N) is 3. The molecule has 0 fully saturated rings. The van der Waals surface area contributed by atoms with E-state index in [1.165, 1.54) is 0 Å². The van der Waals surface area contributed by atoms with Crippen molar-refractivity contribution in [2.24, 2.45) is 0 Å². The molecule has 0 amide bonds. The summed E-state index contributed by atoms with van der Waals surface area (Å²) < 4.78 is 0. The van der Waals surface area contributed by atoms with Crippen LogP contribution in [0.25, 0.3) is 11.2 Å². The molecule has 0 saturated carbocycles. The monoisotopic (exact) mass is 278 g/mol. The Labute approximate surface area is 118 Å². The number of aliphatic hydroxyl groups excluding tert-OH is 1. The molecule has 2 aromatic heterocycles. The van der Waals surface area contributed by atoms with E-state index in [-0.39, 0.29) is 12.1 Å². The summed E-state index contributed by atoms with van der Waals surface area (Å²) in [6, 6.07) is 0. The number of nitrogens with one attached hydrogen (secondary N) is 3. The molecule has 0 saturated heterocycles. The number of H-pyrrole nitrogens is 1. The summed E-state index contributed by atoms with van der Waals surface area (Å²) in [4.78, 5) is 16.1. The first kappa shape index (κ1) is 14.5. The lowest BCUT2D eigenvalue weighted by atomic mass is 9.95. The van der Waals surface area contributed by atoms with Gasteiger partial charge in [-0.15, -0.1) is 0 Å². The molecule has 1 unspecified atom stereocenters. The molecule has 110 valence electrons. The molecule has 4 N–H and O–H groups in total. The van der Waals surface area contributed by atoms with Crippen LogP contribution in [0, 0.1) is 0 Å². The molecule has 0 aliphatic carbocycles. The van der Waals surface area contributed by atoms with Crippen molar-refractivity contribution < 1.29 is 5.11 Å². The smallest absolute Gasteiger partial charge is 0.226 e. The number of hydrogen-bond donors (Lipinski definition) is 4.